The summed E-state index contributed by atoms with van der Waals surface area (Å²) in [5.41, 5.74) is 7.90. The molecule has 3 heterocycles. The molecule has 1 saturated carbocycles. The van der Waals surface area contributed by atoms with Crippen molar-refractivity contribution >= 4 is 16.7 Å². The predicted molar refractivity (Wildman–Crippen MR) is 100 cm³/mol. The molecule has 0 amide bonds. The quantitative estimate of drug-likeness (QED) is 0.636. The lowest BCUT2D eigenvalue weighted by molar-refractivity contribution is 0.349. The molecule has 3 heteroatoms. The Balaban J connectivity index is 1.70. The van der Waals surface area contributed by atoms with Gasteiger partial charge in [-0.1, -0.05) is 36.9 Å². The lowest BCUT2D eigenvalue weighted by Gasteiger charge is -2.28. The lowest BCUT2D eigenvalue weighted by Crippen LogP contribution is -2.22. The van der Waals surface area contributed by atoms with Crippen LogP contribution in [-0.4, -0.2) is 21.5 Å². The molecule has 2 atom stereocenters. The first kappa shape index (κ1) is 13.7. The van der Waals surface area contributed by atoms with Crippen LogP contribution < -0.4 is 0 Å². The Labute approximate surface area is 147 Å². The Kier molecular flexibility index (Phi) is 2.49. The lowest BCUT2D eigenvalue weighted by atomic mass is 9.90. The Morgan fingerprint density at radius 1 is 1.04 bits per heavy atom. The van der Waals surface area contributed by atoms with Gasteiger partial charge < -0.3 is 9.47 Å². The van der Waals surface area contributed by atoms with E-state index < -0.39 is 0 Å². The van der Waals surface area contributed by atoms with E-state index in [4.69, 9.17) is 4.98 Å². The fraction of sp³-hybridized carbons (Fsp3) is 0.318. The molecule has 0 N–H and O–H groups in total. The number of hydrogen-bond donors (Lipinski definition) is 0. The minimum absolute atomic E-state index is 0.310. The maximum absolute atomic E-state index is 5.01. The zero-order valence-corrected chi connectivity index (χ0v) is 14.4. The van der Waals surface area contributed by atoms with Crippen molar-refractivity contribution in [2.45, 2.75) is 37.3 Å². The van der Waals surface area contributed by atoms with Crippen LogP contribution in [0.4, 0.5) is 0 Å². The van der Waals surface area contributed by atoms with E-state index in [1.165, 1.54) is 35.3 Å². The standard InChI is InChI=1S/C22H21N3/c1-13-15-6-5-7-16(14-10-11-14)21(15)19-12-20(24(13)2)22-23-17-8-3-4-9-18(17)25(19)22/h3-9,14,19-20H,1,10-12H2,2H3. The molecular weight excluding hydrogens is 306 g/mol. The SMILES string of the molecule is C=C1c2cccc(C3CC3)c2C2CC(c3nc4ccccc4n32)N1C. The van der Waals surface area contributed by atoms with E-state index in [9.17, 15) is 0 Å². The van der Waals surface area contributed by atoms with E-state index >= 15 is 0 Å². The van der Waals surface area contributed by atoms with Crippen LogP contribution in [0.25, 0.3) is 16.7 Å². The van der Waals surface area contributed by atoms with Crippen molar-refractivity contribution in [1.29, 1.82) is 0 Å². The summed E-state index contributed by atoms with van der Waals surface area (Å²) in [5, 5.41) is 0. The average Bonchev–Trinajstić information content (AvgIpc) is 3.34. The van der Waals surface area contributed by atoms with Crippen molar-refractivity contribution in [2.24, 2.45) is 0 Å². The zero-order chi connectivity index (χ0) is 16.7. The molecule has 25 heavy (non-hydrogen) atoms. The van der Waals surface area contributed by atoms with Gasteiger partial charge in [-0.05, 0) is 48.4 Å². The molecule has 0 radical (unpaired) electrons. The van der Waals surface area contributed by atoms with E-state index in [0.29, 0.717) is 12.1 Å². The summed E-state index contributed by atoms with van der Waals surface area (Å²) in [7, 11) is 2.18. The minimum atomic E-state index is 0.310. The highest BCUT2D eigenvalue weighted by molar-refractivity contribution is 5.78. The van der Waals surface area contributed by atoms with Gasteiger partial charge in [-0.2, -0.15) is 0 Å². The summed E-state index contributed by atoms with van der Waals surface area (Å²) in [6.45, 7) is 4.45. The van der Waals surface area contributed by atoms with Gasteiger partial charge in [0.25, 0.3) is 0 Å². The molecule has 2 bridgehead atoms. The summed E-state index contributed by atoms with van der Waals surface area (Å²) in [6.07, 6.45) is 3.75. The van der Waals surface area contributed by atoms with Gasteiger partial charge in [0.1, 0.15) is 5.82 Å². The van der Waals surface area contributed by atoms with E-state index in [1.54, 1.807) is 5.56 Å². The predicted octanol–water partition coefficient (Wildman–Crippen LogP) is 4.86. The number of hydrogen-bond acceptors (Lipinski definition) is 2. The normalized spacial score (nSPS) is 24.4. The van der Waals surface area contributed by atoms with Gasteiger partial charge in [0.05, 0.1) is 23.1 Å². The summed E-state index contributed by atoms with van der Waals surface area (Å²) in [6, 6.07) is 16.1. The van der Waals surface area contributed by atoms with Crippen LogP contribution in [0.2, 0.25) is 0 Å². The Morgan fingerprint density at radius 3 is 2.72 bits per heavy atom. The van der Waals surface area contributed by atoms with Crippen LogP contribution in [0.15, 0.2) is 49.0 Å². The molecule has 2 aliphatic heterocycles. The molecule has 3 aliphatic rings. The molecule has 6 rings (SSSR count). The monoisotopic (exact) mass is 327 g/mol. The van der Waals surface area contributed by atoms with Gasteiger partial charge in [0.15, 0.2) is 0 Å². The first-order valence-corrected chi connectivity index (χ1v) is 9.26. The van der Waals surface area contributed by atoms with Crippen molar-refractivity contribution in [3.05, 3.63) is 71.6 Å². The highest BCUT2D eigenvalue weighted by Crippen LogP contribution is 2.53. The third-order valence-corrected chi connectivity index (χ3v) is 6.37. The Morgan fingerprint density at radius 2 is 1.88 bits per heavy atom. The van der Waals surface area contributed by atoms with Crippen LogP contribution in [-0.2, 0) is 0 Å². The van der Waals surface area contributed by atoms with Crippen molar-refractivity contribution in [3.8, 4) is 0 Å². The van der Waals surface area contributed by atoms with E-state index in [-0.39, 0.29) is 0 Å². The van der Waals surface area contributed by atoms with Gasteiger partial charge >= 0.3 is 0 Å². The zero-order valence-electron chi connectivity index (χ0n) is 14.4. The van der Waals surface area contributed by atoms with Crippen molar-refractivity contribution in [2.75, 3.05) is 7.05 Å². The number of fused-ring (bicyclic) bond motifs is 9. The maximum Gasteiger partial charge on any atom is 0.133 e. The molecule has 0 spiro atoms. The molecule has 0 saturated heterocycles. The highest BCUT2D eigenvalue weighted by atomic mass is 15.3. The van der Waals surface area contributed by atoms with Gasteiger partial charge in [-0.3, -0.25) is 0 Å². The van der Waals surface area contributed by atoms with E-state index in [0.717, 1.165) is 23.6 Å². The average molecular weight is 327 g/mol. The van der Waals surface area contributed by atoms with Gasteiger partial charge in [0, 0.05) is 18.3 Å². The molecular formula is C22H21N3. The highest BCUT2D eigenvalue weighted by Gasteiger charge is 2.43. The van der Waals surface area contributed by atoms with Gasteiger partial charge in [-0.25, -0.2) is 4.98 Å². The van der Waals surface area contributed by atoms with Crippen molar-refractivity contribution < 1.29 is 0 Å². The topological polar surface area (TPSA) is 21.1 Å². The molecule has 3 aromatic rings. The molecule has 124 valence electrons. The van der Waals surface area contributed by atoms with Crippen molar-refractivity contribution in [1.82, 2.24) is 14.5 Å². The number of imidazole rings is 1. The maximum atomic E-state index is 5.01. The fourth-order valence-corrected chi connectivity index (χ4v) is 4.96. The van der Waals surface area contributed by atoms with Crippen LogP contribution in [0.1, 0.15) is 59.8 Å². The number of rotatable bonds is 1. The molecule has 3 nitrogen and oxygen atoms in total. The van der Waals surface area contributed by atoms with Crippen LogP contribution >= 0.6 is 0 Å². The Hall–Kier alpha value is -2.55. The minimum Gasteiger partial charge on any atom is -0.364 e. The number of nitrogens with zero attached hydrogens (tertiary/aromatic N) is 3. The summed E-state index contributed by atoms with van der Waals surface area (Å²) in [4.78, 5) is 7.35. The molecule has 2 aromatic carbocycles. The van der Waals surface area contributed by atoms with E-state index in [1.807, 2.05) is 0 Å². The number of aromatic nitrogens is 2. The third kappa shape index (κ3) is 1.68. The molecule has 1 fully saturated rings. The van der Waals surface area contributed by atoms with Crippen LogP contribution in [0.5, 0.6) is 0 Å². The second kappa shape index (κ2) is 4.54. The van der Waals surface area contributed by atoms with E-state index in [2.05, 4.69) is 65.6 Å². The third-order valence-electron chi connectivity index (χ3n) is 6.37. The molecule has 1 aromatic heterocycles. The smallest absolute Gasteiger partial charge is 0.133 e. The number of benzene rings is 2. The summed E-state index contributed by atoms with van der Waals surface area (Å²) in [5.74, 6) is 1.94. The van der Waals surface area contributed by atoms with Crippen molar-refractivity contribution in [3.63, 3.8) is 0 Å². The first-order chi connectivity index (χ1) is 12.2. The summed E-state index contributed by atoms with van der Waals surface area (Å²) >= 11 is 0. The number of para-hydroxylation sites is 2. The first-order valence-electron chi connectivity index (χ1n) is 9.26. The molecule has 1 aliphatic carbocycles. The second-order valence-corrected chi connectivity index (χ2v) is 7.74. The van der Waals surface area contributed by atoms with Gasteiger partial charge in [-0.15, -0.1) is 0 Å². The van der Waals surface area contributed by atoms with Gasteiger partial charge in [0.2, 0.25) is 0 Å². The fourth-order valence-electron chi connectivity index (χ4n) is 4.96. The summed E-state index contributed by atoms with van der Waals surface area (Å²) < 4.78 is 2.51. The van der Waals surface area contributed by atoms with Crippen LogP contribution in [0.3, 0.4) is 0 Å². The Bertz CT molecular complexity index is 1040. The van der Waals surface area contributed by atoms with Crippen LogP contribution in [0, 0.1) is 0 Å². The molecule has 2 unspecified atom stereocenters. The second-order valence-electron chi connectivity index (χ2n) is 7.74. The largest absolute Gasteiger partial charge is 0.364 e.